The van der Waals surface area contributed by atoms with Gasteiger partial charge in [-0.1, -0.05) is 12.8 Å². The van der Waals surface area contributed by atoms with Gasteiger partial charge in [-0.2, -0.15) is 4.98 Å². The van der Waals surface area contributed by atoms with Crippen molar-refractivity contribution in [3.8, 4) is 5.88 Å². The Balaban J connectivity index is 2.42. The number of nitrogens with zero attached hydrogens (tertiary/aromatic N) is 3. The first-order valence-electron chi connectivity index (χ1n) is 6.05. The van der Waals surface area contributed by atoms with Crippen LogP contribution in [0.5, 0.6) is 5.88 Å². The Morgan fingerprint density at radius 3 is 2.65 bits per heavy atom. The van der Waals surface area contributed by atoms with Crippen molar-refractivity contribution >= 4 is 17.5 Å². The number of nitrogens with one attached hydrogen (secondary N) is 1. The molecule has 1 aromatic rings. The summed E-state index contributed by atoms with van der Waals surface area (Å²) in [6, 6.07) is 0. The van der Waals surface area contributed by atoms with E-state index < -0.39 is 22.1 Å². The van der Waals surface area contributed by atoms with Crippen LogP contribution in [0.2, 0.25) is 0 Å². The number of nitro groups is 1. The number of hydrogen-bond donors (Lipinski definition) is 2. The van der Waals surface area contributed by atoms with E-state index in [1.165, 1.54) is 7.11 Å². The molecule has 1 aliphatic rings. The molecule has 1 aliphatic carbocycles. The fourth-order valence-electron chi connectivity index (χ4n) is 2.37. The summed E-state index contributed by atoms with van der Waals surface area (Å²) in [4.78, 5) is 29.3. The molecule has 0 unspecified atom stereocenters. The van der Waals surface area contributed by atoms with Crippen molar-refractivity contribution in [2.24, 2.45) is 0 Å². The van der Waals surface area contributed by atoms with E-state index in [0.717, 1.165) is 19.2 Å². The number of anilines is 1. The fourth-order valence-corrected chi connectivity index (χ4v) is 2.37. The lowest BCUT2D eigenvalue weighted by Crippen LogP contribution is -2.44. The zero-order valence-corrected chi connectivity index (χ0v) is 10.8. The van der Waals surface area contributed by atoms with Crippen molar-refractivity contribution in [2.45, 2.75) is 31.2 Å². The number of methoxy groups -OCH3 is 1. The first kappa shape index (κ1) is 14.0. The summed E-state index contributed by atoms with van der Waals surface area (Å²) in [7, 11) is 1.25. The van der Waals surface area contributed by atoms with Crippen molar-refractivity contribution in [3.63, 3.8) is 0 Å². The molecule has 0 spiro atoms. The first-order valence-corrected chi connectivity index (χ1v) is 6.05. The van der Waals surface area contributed by atoms with Crippen LogP contribution < -0.4 is 10.1 Å². The molecule has 1 saturated carbocycles. The van der Waals surface area contributed by atoms with Crippen LogP contribution in [0, 0.1) is 10.1 Å². The van der Waals surface area contributed by atoms with E-state index in [9.17, 15) is 20.0 Å². The van der Waals surface area contributed by atoms with Crippen LogP contribution in [0.15, 0.2) is 6.33 Å². The van der Waals surface area contributed by atoms with E-state index in [-0.39, 0.29) is 11.7 Å². The topological polar surface area (TPSA) is 127 Å². The van der Waals surface area contributed by atoms with Gasteiger partial charge in [-0.25, -0.2) is 9.78 Å². The molecule has 2 rings (SSSR count). The lowest BCUT2D eigenvalue weighted by atomic mass is 9.98. The second-order valence-electron chi connectivity index (χ2n) is 4.56. The van der Waals surface area contributed by atoms with E-state index in [0.29, 0.717) is 12.8 Å². The molecular formula is C11H14N4O5. The highest BCUT2D eigenvalue weighted by atomic mass is 16.6. The number of ether oxygens (including phenoxy) is 1. The third-order valence-corrected chi connectivity index (χ3v) is 3.39. The van der Waals surface area contributed by atoms with Gasteiger partial charge < -0.3 is 15.2 Å². The van der Waals surface area contributed by atoms with E-state index in [2.05, 4.69) is 15.3 Å². The predicted octanol–water partition coefficient (Wildman–Crippen LogP) is 1.20. The normalized spacial score (nSPS) is 16.6. The van der Waals surface area contributed by atoms with E-state index >= 15 is 0 Å². The highest BCUT2D eigenvalue weighted by Gasteiger charge is 2.43. The molecule has 0 atom stereocenters. The van der Waals surface area contributed by atoms with Crippen LogP contribution in [0.1, 0.15) is 25.7 Å². The Kier molecular flexibility index (Phi) is 3.68. The van der Waals surface area contributed by atoms with Crippen LogP contribution in [0.4, 0.5) is 11.5 Å². The molecule has 20 heavy (non-hydrogen) atoms. The zero-order chi connectivity index (χ0) is 14.8. The van der Waals surface area contributed by atoms with Crippen LogP contribution in [-0.4, -0.2) is 38.6 Å². The number of aromatic nitrogens is 2. The first-order chi connectivity index (χ1) is 9.50. The molecule has 1 aromatic heterocycles. The highest BCUT2D eigenvalue weighted by molar-refractivity contribution is 5.84. The third kappa shape index (κ3) is 2.33. The largest absolute Gasteiger partial charge is 0.480 e. The number of carboxylic acids is 1. The molecule has 0 radical (unpaired) electrons. The summed E-state index contributed by atoms with van der Waals surface area (Å²) < 4.78 is 4.82. The summed E-state index contributed by atoms with van der Waals surface area (Å²) in [6.07, 6.45) is 3.38. The number of hydrogen-bond acceptors (Lipinski definition) is 7. The minimum atomic E-state index is -1.22. The Morgan fingerprint density at radius 2 is 2.15 bits per heavy atom. The summed E-state index contributed by atoms with van der Waals surface area (Å²) >= 11 is 0. The van der Waals surface area contributed by atoms with Crippen molar-refractivity contribution in [1.29, 1.82) is 0 Å². The van der Waals surface area contributed by atoms with Gasteiger partial charge in [-0.15, -0.1) is 0 Å². The van der Waals surface area contributed by atoms with Gasteiger partial charge >= 0.3 is 11.7 Å². The van der Waals surface area contributed by atoms with E-state index in [1.807, 2.05) is 0 Å². The van der Waals surface area contributed by atoms with Crippen molar-refractivity contribution < 1.29 is 19.6 Å². The molecule has 1 heterocycles. The third-order valence-electron chi connectivity index (χ3n) is 3.39. The summed E-state index contributed by atoms with van der Waals surface area (Å²) in [5, 5.41) is 23.2. The lowest BCUT2D eigenvalue weighted by molar-refractivity contribution is -0.385. The summed E-state index contributed by atoms with van der Waals surface area (Å²) in [5.74, 6) is -1.38. The maximum Gasteiger partial charge on any atom is 0.372 e. The average molecular weight is 282 g/mol. The molecule has 1 fully saturated rings. The molecule has 9 nitrogen and oxygen atoms in total. The van der Waals surface area contributed by atoms with Crippen LogP contribution in [0.3, 0.4) is 0 Å². The second-order valence-corrected chi connectivity index (χ2v) is 4.56. The Hall–Kier alpha value is -2.45. The van der Waals surface area contributed by atoms with Crippen LogP contribution in [0.25, 0.3) is 0 Å². The average Bonchev–Trinajstić information content (AvgIpc) is 2.88. The minimum Gasteiger partial charge on any atom is -0.480 e. The van der Waals surface area contributed by atoms with Gasteiger partial charge in [0.25, 0.3) is 5.88 Å². The smallest absolute Gasteiger partial charge is 0.372 e. The molecule has 0 bridgehead atoms. The quantitative estimate of drug-likeness (QED) is 0.609. The summed E-state index contributed by atoms with van der Waals surface area (Å²) in [6.45, 7) is 0. The fraction of sp³-hybridized carbons (Fsp3) is 0.545. The monoisotopic (exact) mass is 282 g/mol. The molecular weight excluding hydrogens is 268 g/mol. The molecule has 0 aromatic carbocycles. The molecule has 2 N–H and O–H groups in total. The van der Waals surface area contributed by atoms with Crippen LogP contribution in [-0.2, 0) is 4.79 Å². The number of carbonyl (C=O) groups is 1. The van der Waals surface area contributed by atoms with Crippen molar-refractivity contribution in [3.05, 3.63) is 16.4 Å². The maximum atomic E-state index is 11.5. The van der Waals surface area contributed by atoms with Crippen molar-refractivity contribution in [2.75, 3.05) is 12.4 Å². The SMILES string of the molecule is COc1ncnc(NC2(C(=O)O)CCCC2)c1[N+](=O)[O-]. The van der Waals surface area contributed by atoms with E-state index in [4.69, 9.17) is 4.74 Å². The van der Waals surface area contributed by atoms with E-state index in [1.54, 1.807) is 0 Å². The molecule has 9 heteroatoms. The van der Waals surface area contributed by atoms with Gasteiger partial charge in [0, 0.05) is 0 Å². The van der Waals surface area contributed by atoms with Gasteiger partial charge in [0.15, 0.2) is 0 Å². The Bertz CT molecular complexity index is 542. The standard InChI is InChI=1S/C11H14N4O5/c1-20-9-7(15(18)19)8(12-6-13-9)14-11(10(16)17)4-2-3-5-11/h6H,2-5H2,1H3,(H,16,17)(H,12,13,14). The van der Waals surface area contributed by atoms with Crippen LogP contribution >= 0.6 is 0 Å². The number of aliphatic carboxylic acids is 1. The molecule has 0 amide bonds. The molecule has 0 aliphatic heterocycles. The van der Waals surface area contributed by atoms with Gasteiger partial charge in [-0.05, 0) is 12.8 Å². The summed E-state index contributed by atoms with van der Waals surface area (Å²) in [5.41, 5.74) is -1.67. The van der Waals surface area contributed by atoms with Gasteiger partial charge in [0.1, 0.15) is 11.9 Å². The maximum absolute atomic E-state index is 11.5. The lowest BCUT2D eigenvalue weighted by Gasteiger charge is -2.25. The molecule has 108 valence electrons. The van der Waals surface area contributed by atoms with Gasteiger partial charge in [0.2, 0.25) is 5.82 Å². The molecule has 0 saturated heterocycles. The number of carboxylic acid groups (broad SMARTS) is 1. The Morgan fingerprint density at radius 1 is 1.50 bits per heavy atom. The minimum absolute atomic E-state index is 0.133. The second kappa shape index (κ2) is 5.27. The Labute approximate surface area is 114 Å². The van der Waals surface area contributed by atoms with Crippen molar-refractivity contribution in [1.82, 2.24) is 9.97 Å². The van der Waals surface area contributed by atoms with Gasteiger partial charge in [0.05, 0.1) is 12.0 Å². The predicted molar refractivity (Wildman–Crippen MR) is 67.7 cm³/mol. The number of rotatable bonds is 5. The highest BCUT2D eigenvalue weighted by Crippen LogP contribution is 2.37. The van der Waals surface area contributed by atoms with Gasteiger partial charge in [-0.3, -0.25) is 10.1 Å². The zero-order valence-electron chi connectivity index (χ0n) is 10.8.